The first kappa shape index (κ1) is 14.7. The standard InChI is InChI=1S/C12H20O4/c1-4-5-6-7-8-9(2)16-12(15)10(3)11(13)14/h9H,3-8H2,1-2H3,(H,13,14). The summed E-state index contributed by atoms with van der Waals surface area (Å²) in [6.45, 7) is 7.03. The molecule has 0 aliphatic rings. The minimum Gasteiger partial charge on any atom is -0.477 e. The van der Waals surface area contributed by atoms with Crippen molar-refractivity contribution in [3.63, 3.8) is 0 Å². The normalized spacial score (nSPS) is 11.9. The molecular weight excluding hydrogens is 208 g/mol. The highest BCUT2D eigenvalue weighted by Gasteiger charge is 2.18. The molecule has 0 fully saturated rings. The highest BCUT2D eigenvalue weighted by Crippen LogP contribution is 2.09. The van der Waals surface area contributed by atoms with Crippen LogP contribution in [0.1, 0.15) is 46.0 Å². The minimum atomic E-state index is -1.33. The van der Waals surface area contributed by atoms with Crippen molar-refractivity contribution in [1.29, 1.82) is 0 Å². The van der Waals surface area contributed by atoms with Gasteiger partial charge in [0.1, 0.15) is 5.57 Å². The number of hydrogen-bond donors (Lipinski definition) is 1. The summed E-state index contributed by atoms with van der Waals surface area (Å²) in [5.74, 6) is -2.17. The third-order valence-corrected chi connectivity index (χ3v) is 2.28. The van der Waals surface area contributed by atoms with Crippen LogP contribution >= 0.6 is 0 Å². The van der Waals surface area contributed by atoms with E-state index in [4.69, 9.17) is 9.84 Å². The average molecular weight is 228 g/mol. The zero-order valence-electron chi connectivity index (χ0n) is 9.99. The summed E-state index contributed by atoms with van der Waals surface area (Å²) in [5, 5.41) is 8.51. The highest BCUT2D eigenvalue weighted by molar-refractivity contribution is 6.12. The van der Waals surface area contributed by atoms with Gasteiger partial charge in [0.15, 0.2) is 0 Å². The molecule has 0 heterocycles. The lowest BCUT2D eigenvalue weighted by Crippen LogP contribution is -2.20. The fourth-order valence-corrected chi connectivity index (χ4v) is 1.26. The molecule has 1 atom stereocenters. The lowest BCUT2D eigenvalue weighted by atomic mass is 10.1. The molecule has 0 saturated heterocycles. The Labute approximate surface area is 96.3 Å². The maximum atomic E-state index is 11.2. The molecule has 0 radical (unpaired) electrons. The minimum absolute atomic E-state index is 0.250. The van der Waals surface area contributed by atoms with Crippen LogP contribution in [-0.2, 0) is 14.3 Å². The van der Waals surface area contributed by atoms with E-state index in [1.165, 1.54) is 6.42 Å². The molecule has 0 aromatic carbocycles. The van der Waals surface area contributed by atoms with E-state index in [2.05, 4.69) is 13.5 Å². The largest absolute Gasteiger partial charge is 0.477 e. The zero-order chi connectivity index (χ0) is 12.6. The summed E-state index contributed by atoms with van der Waals surface area (Å²) in [6.07, 6.45) is 4.94. The van der Waals surface area contributed by atoms with Crippen molar-refractivity contribution in [1.82, 2.24) is 0 Å². The van der Waals surface area contributed by atoms with Crippen molar-refractivity contribution in [3.05, 3.63) is 12.2 Å². The third kappa shape index (κ3) is 6.22. The molecule has 0 saturated carbocycles. The highest BCUT2D eigenvalue weighted by atomic mass is 16.5. The van der Waals surface area contributed by atoms with E-state index in [0.717, 1.165) is 25.7 Å². The summed E-state index contributed by atoms with van der Waals surface area (Å²) in [4.78, 5) is 21.6. The molecule has 0 aliphatic carbocycles. The lowest BCUT2D eigenvalue weighted by Gasteiger charge is -2.12. The monoisotopic (exact) mass is 228 g/mol. The zero-order valence-corrected chi connectivity index (χ0v) is 9.99. The van der Waals surface area contributed by atoms with Crippen molar-refractivity contribution in [2.45, 2.75) is 52.1 Å². The number of aliphatic carboxylic acids is 1. The van der Waals surface area contributed by atoms with Crippen molar-refractivity contribution in [2.24, 2.45) is 0 Å². The molecule has 4 heteroatoms. The smallest absolute Gasteiger partial charge is 0.345 e. The number of unbranched alkanes of at least 4 members (excludes halogenated alkanes) is 3. The van der Waals surface area contributed by atoms with Crippen molar-refractivity contribution < 1.29 is 19.4 Å². The topological polar surface area (TPSA) is 63.6 Å². The number of carboxylic acids is 1. The molecule has 92 valence electrons. The van der Waals surface area contributed by atoms with Gasteiger partial charge in [0.25, 0.3) is 0 Å². The molecule has 1 N–H and O–H groups in total. The van der Waals surface area contributed by atoms with Gasteiger partial charge in [-0.25, -0.2) is 9.59 Å². The molecule has 0 bridgehead atoms. The van der Waals surface area contributed by atoms with Crippen LogP contribution in [0.5, 0.6) is 0 Å². The predicted octanol–water partition coefficient (Wildman–Crippen LogP) is 2.53. The van der Waals surface area contributed by atoms with E-state index < -0.39 is 17.5 Å². The van der Waals surface area contributed by atoms with Crippen LogP contribution in [-0.4, -0.2) is 23.1 Å². The molecule has 0 aromatic heterocycles. The van der Waals surface area contributed by atoms with Gasteiger partial charge in [0, 0.05) is 0 Å². The van der Waals surface area contributed by atoms with Crippen molar-refractivity contribution in [2.75, 3.05) is 0 Å². The number of carboxylic acid groups (broad SMARTS) is 1. The van der Waals surface area contributed by atoms with Gasteiger partial charge in [-0.2, -0.15) is 0 Å². The fourth-order valence-electron chi connectivity index (χ4n) is 1.26. The lowest BCUT2D eigenvalue weighted by molar-refractivity contribution is -0.147. The Bertz CT molecular complexity index is 258. The SMILES string of the molecule is C=C(C(=O)O)C(=O)OC(C)CCCCCC. The number of rotatable bonds is 8. The maximum Gasteiger partial charge on any atom is 0.345 e. The van der Waals surface area contributed by atoms with Crippen LogP contribution in [0.4, 0.5) is 0 Å². The van der Waals surface area contributed by atoms with Crippen LogP contribution in [0.3, 0.4) is 0 Å². The van der Waals surface area contributed by atoms with Gasteiger partial charge < -0.3 is 9.84 Å². The molecule has 1 unspecified atom stereocenters. The van der Waals surface area contributed by atoms with E-state index in [1.54, 1.807) is 6.92 Å². The number of ether oxygens (including phenoxy) is 1. The Morgan fingerprint density at radius 3 is 2.44 bits per heavy atom. The summed E-state index contributed by atoms with van der Waals surface area (Å²) in [7, 11) is 0. The Morgan fingerprint density at radius 2 is 1.94 bits per heavy atom. The third-order valence-electron chi connectivity index (χ3n) is 2.28. The average Bonchev–Trinajstić information content (AvgIpc) is 2.23. The van der Waals surface area contributed by atoms with Crippen LogP contribution in [0.2, 0.25) is 0 Å². The second-order valence-electron chi connectivity index (χ2n) is 3.85. The molecule has 0 rings (SSSR count). The summed E-state index contributed by atoms with van der Waals surface area (Å²) >= 11 is 0. The van der Waals surface area contributed by atoms with Gasteiger partial charge >= 0.3 is 11.9 Å². The molecule has 0 aromatic rings. The van der Waals surface area contributed by atoms with Gasteiger partial charge in [0.2, 0.25) is 0 Å². The first-order valence-corrected chi connectivity index (χ1v) is 5.62. The van der Waals surface area contributed by atoms with E-state index >= 15 is 0 Å². The summed E-state index contributed by atoms with van der Waals surface area (Å²) in [5.41, 5.74) is -0.514. The van der Waals surface area contributed by atoms with Gasteiger partial charge in [-0.1, -0.05) is 32.8 Å². The molecule has 0 spiro atoms. The van der Waals surface area contributed by atoms with Gasteiger partial charge in [-0.05, 0) is 19.8 Å². The molecule has 16 heavy (non-hydrogen) atoms. The second-order valence-corrected chi connectivity index (χ2v) is 3.85. The summed E-state index contributed by atoms with van der Waals surface area (Å²) in [6, 6.07) is 0. The quantitative estimate of drug-likeness (QED) is 0.228. The van der Waals surface area contributed by atoms with Crippen molar-refractivity contribution in [3.8, 4) is 0 Å². The molecule has 0 amide bonds. The van der Waals surface area contributed by atoms with E-state index in [-0.39, 0.29) is 6.10 Å². The Kier molecular flexibility index (Phi) is 7.25. The summed E-state index contributed by atoms with van der Waals surface area (Å²) < 4.78 is 4.93. The van der Waals surface area contributed by atoms with E-state index in [0.29, 0.717) is 0 Å². The van der Waals surface area contributed by atoms with Gasteiger partial charge in [-0.3, -0.25) is 0 Å². The first-order valence-electron chi connectivity index (χ1n) is 5.62. The van der Waals surface area contributed by atoms with Gasteiger partial charge in [0.05, 0.1) is 6.10 Å². The van der Waals surface area contributed by atoms with E-state index in [1.807, 2.05) is 0 Å². The van der Waals surface area contributed by atoms with Crippen LogP contribution in [0.25, 0.3) is 0 Å². The molecule has 4 nitrogen and oxygen atoms in total. The van der Waals surface area contributed by atoms with E-state index in [9.17, 15) is 9.59 Å². The predicted molar refractivity (Wildman–Crippen MR) is 61.1 cm³/mol. The van der Waals surface area contributed by atoms with Gasteiger partial charge in [-0.15, -0.1) is 0 Å². The molecular formula is C12H20O4. The molecule has 0 aliphatic heterocycles. The Hall–Kier alpha value is -1.32. The van der Waals surface area contributed by atoms with Crippen LogP contribution in [0, 0.1) is 0 Å². The van der Waals surface area contributed by atoms with Crippen molar-refractivity contribution >= 4 is 11.9 Å². The number of carbonyl (C=O) groups excluding carboxylic acids is 1. The van der Waals surface area contributed by atoms with Crippen LogP contribution in [0.15, 0.2) is 12.2 Å². The Morgan fingerprint density at radius 1 is 1.31 bits per heavy atom. The Balaban J connectivity index is 3.78. The first-order chi connectivity index (χ1) is 7.49. The second kappa shape index (κ2) is 7.91. The fraction of sp³-hybridized carbons (Fsp3) is 0.667. The maximum absolute atomic E-state index is 11.2. The number of hydrogen-bond acceptors (Lipinski definition) is 3. The van der Waals surface area contributed by atoms with Crippen LogP contribution < -0.4 is 0 Å². The number of carbonyl (C=O) groups is 2. The number of esters is 1.